The summed E-state index contributed by atoms with van der Waals surface area (Å²) in [4.78, 5) is 19.5. The molecule has 1 fully saturated rings. The minimum Gasteiger partial charge on any atom is -0.504 e. The summed E-state index contributed by atoms with van der Waals surface area (Å²) in [6, 6.07) is 14.4. The lowest BCUT2D eigenvalue weighted by atomic mass is 10.2. The molecule has 5 nitrogen and oxygen atoms in total. The highest BCUT2D eigenvalue weighted by Gasteiger charge is 2.32. The number of aromatic hydroxyl groups is 1. The maximum Gasteiger partial charge on any atom is 0.267 e. The predicted molar refractivity (Wildman–Crippen MR) is 106 cm³/mol. The summed E-state index contributed by atoms with van der Waals surface area (Å²) >= 11 is 1.31. The summed E-state index contributed by atoms with van der Waals surface area (Å²) in [7, 11) is 1.48. The molecular weight excluding hydrogens is 348 g/mol. The second-order valence-electron chi connectivity index (χ2n) is 5.48. The number of thioether (sulfide) groups is 1. The molecule has 0 spiro atoms. The SMILES string of the molecule is C=CCN1C(=O)/C(=C\c2ccc(O)c(OC)c2)SC1=Nc1ccccc1. The van der Waals surface area contributed by atoms with E-state index in [2.05, 4.69) is 11.6 Å². The van der Waals surface area contributed by atoms with E-state index in [-0.39, 0.29) is 11.7 Å². The first-order chi connectivity index (χ1) is 12.6. The number of carbonyl (C=O) groups is 1. The van der Waals surface area contributed by atoms with Crippen LogP contribution in [0.25, 0.3) is 6.08 Å². The van der Waals surface area contributed by atoms with Crippen LogP contribution in [0.2, 0.25) is 0 Å². The van der Waals surface area contributed by atoms with E-state index in [1.54, 1.807) is 29.2 Å². The number of hydrogen-bond acceptors (Lipinski definition) is 5. The van der Waals surface area contributed by atoms with Gasteiger partial charge in [-0.3, -0.25) is 9.69 Å². The molecule has 1 heterocycles. The van der Waals surface area contributed by atoms with Crippen molar-refractivity contribution in [3.63, 3.8) is 0 Å². The van der Waals surface area contributed by atoms with Crippen LogP contribution in [-0.4, -0.2) is 34.7 Å². The van der Waals surface area contributed by atoms with Gasteiger partial charge in [0, 0.05) is 6.54 Å². The number of hydrogen-bond donors (Lipinski definition) is 1. The number of phenolic OH excluding ortho intramolecular Hbond substituents is 1. The topological polar surface area (TPSA) is 62.1 Å². The number of carbonyl (C=O) groups excluding carboxylic acids is 1. The van der Waals surface area contributed by atoms with Crippen LogP contribution in [0, 0.1) is 0 Å². The molecule has 3 rings (SSSR count). The number of para-hydroxylation sites is 1. The van der Waals surface area contributed by atoms with Gasteiger partial charge in [-0.2, -0.15) is 0 Å². The van der Waals surface area contributed by atoms with Crippen molar-refractivity contribution in [2.45, 2.75) is 0 Å². The standard InChI is InChI=1S/C20H18N2O3S/c1-3-11-22-19(24)18(13-14-9-10-16(23)17(12-14)25-2)26-20(22)21-15-7-5-4-6-8-15/h3-10,12-13,23H,1,11H2,2H3/b18-13+,21-20?. The highest BCUT2D eigenvalue weighted by atomic mass is 32.2. The van der Waals surface area contributed by atoms with Gasteiger partial charge < -0.3 is 9.84 Å². The van der Waals surface area contributed by atoms with Crippen molar-refractivity contribution in [1.82, 2.24) is 4.90 Å². The fourth-order valence-electron chi connectivity index (χ4n) is 2.43. The Morgan fingerprint density at radius 2 is 2.04 bits per heavy atom. The molecule has 6 heteroatoms. The Labute approximate surface area is 156 Å². The van der Waals surface area contributed by atoms with Crippen LogP contribution in [-0.2, 0) is 4.79 Å². The van der Waals surface area contributed by atoms with Crippen molar-refractivity contribution in [3.8, 4) is 11.5 Å². The van der Waals surface area contributed by atoms with Gasteiger partial charge in [-0.25, -0.2) is 4.99 Å². The lowest BCUT2D eigenvalue weighted by molar-refractivity contribution is -0.121. The van der Waals surface area contributed by atoms with E-state index in [4.69, 9.17) is 4.74 Å². The van der Waals surface area contributed by atoms with E-state index < -0.39 is 0 Å². The molecule has 0 bridgehead atoms. The third-order valence-corrected chi connectivity index (χ3v) is 4.69. The van der Waals surface area contributed by atoms with E-state index in [0.717, 1.165) is 11.3 Å². The molecule has 2 aromatic rings. The van der Waals surface area contributed by atoms with E-state index >= 15 is 0 Å². The quantitative estimate of drug-likeness (QED) is 0.637. The fraction of sp³-hybridized carbons (Fsp3) is 0.100. The van der Waals surface area contributed by atoms with Gasteiger partial charge in [0.05, 0.1) is 17.7 Å². The van der Waals surface area contributed by atoms with E-state index in [9.17, 15) is 9.90 Å². The monoisotopic (exact) mass is 366 g/mol. The fourth-order valence-corrected chi connectivity index (χ4v) is 3.44. The molecule has 1 aliphatic rings. The highest BCUT2D eigenvalue weighted by Crippen LogP contribution is 2.35. The van der Waals surface area contributed by atoms with Crippen LogP contribution in [0.1, 0.15) is 5.56 Å². The third-order valence-electron chi connectivity index (χ3n) is 3.68. The number of amidine groups is 1. The molecule has 0 unspecified atom stereocenters. The summed E-state index contributed by atoms with van der Waals surface area (Å²) in [5.74, 6) is 0.284. The Hall–Kier alpha value is -2.99. The number of aliphatic imine (C=N–C) groups is 1. The van der Waals surface area contributed by atoms with Gasteiger partial charge in [0.15, 0.2) is 16.7 Å². The molecule has 1 amide bonds. The van der Waals surface area contributed by atoms with Gasteiger partial charge >= 0.3 is 0 Å². The molecular formula is C20H18N2O3S. The smallest absolute Gasteiger partial charge is 0.267 e. The summed E-state index contributed by atoms with van der Waals surface area (Å²) in [6.45, 7) is 4.10. The van der Waals surface area contributed by atoms with Crippen molar-refractivity contribution >= 4 is 34.6 Å². The number of rotatable bonds is 5. The number of nitrogens with zero attached hydrogens (tertiary/aromatic N) is 2. The Morgan fingerprint density at radius 1 is 1.27 bits per heavy atom. The summed E-state index contributed by atoms with van der Waals surface area (Å²) in [5, 5.41) is 10.3. The highest BCUT2D eigenvalue weighted by molar-refractivity contribution is 8.18. The summed E-state index contributed by atoms with van der Waals surface area (Å²) in [6.07, 6.45) is 3.43. The first-order valence-electron chi connectivity index (χ1n) is 7.95. The molecule has 132 valence electrons. The van der Waals surface area contributed by atoms with E-state index in [1.807, 2.05) is 30.3 Å². The van der Waals surface area contributed by atoms with E-state index in [0.29, 0.717) is 22.4 Å². The average molecular weight is 366 g/mol. The zero-order valence-electron chi connectivity index (χ0n) is 14.3. The van der Waals surface area contributed by atoms with Gasteiger partial charge in [-0.1, -0.05) is 30.3 Å². The van der Waals surface area contributed by atoms with Crippen molar-refractivity contribution in [2.75, 3.05) is 13.7 Å². The van der Waals surface area contributed by atoms with Crippen molar-refractivity contribution in [3.05, 3.63) is 71.7 Å². The molecule has 0 aliphatic carbocycles. The minimum atomic E-state index is -0.128. The van der Waals surface area contributed by atoms with Crippen molar-refractivity contribution in [1.29, 1.82) is 0 Å². The van der Waals surface area contributed by atoms with Crippen molar-refractivity contribution in [2.24, 2.45) is 4.99 Å². The minimum absolute atomic E-state index is 0.0552. The van der Waals surface area contributed by atoms with Gasteiger partial charge in [-0.15, -0.1) is 6.58 Å². The van der Waals surface area contributed by atoms with Gasteiger partial charge in [-0.05, 0) is 47.7 Å². The zero-order valence-corrected chi connectivity index (χ0v) is 15.1. The Bertz CT molecular complexity index is 891. The maximum atomic E-state index is 12.7. The molecule has 0 saturated carbocycles. The first-order valence-corrected chi connectivity index (χ1v) is 8.77. The summed E-state index contributed by atoms with van der Waals surface area (Å²) in [5.41, 5.74) is 1.54. The molecule has 1 saturated heterocycles. The normalized spacial score (nSPS) is 17.1. The number of amides is 1. The second kappa shape index (κ2) is 7.93. The van der Waals surface area contributed by atoms with Crippen LogP contribution in [0.3, 0.4) is 0 Å². The first kappa shape index (κ1) is 17.8. The summed E-state index contributed by atoms with van der Waals surface area (Å²) < 4.78 is 5.12. The van der Waals surface area contributed by atoms with Crippen molar-refractivity contribution < 1.29 is 14.6 Å². The molecule has 0 radical (unpaired) electrons. The molecule has 0 atom stereocenters. The van der Waals surface area contributed by atoms with Crippen LogP contribution >= 0.6 is 11.8 Å². The van der Waals surface area contributed by atoms with Crippen LogP contribution in [0.4, 0.5) is 5.69 Å². The lowest BCUT2D eigenvalue weighted by Crippen LogP contribution is -2.29. The molecule has 1 aliphatic heterocycles. The Balaban J connectivity index is 1.95. The molecule has 2 aromatic carbocycles. The number of phenols is 1. The third kappa shape index (κ3) is 3.81. The van der Waals surface area contributed by atoms with Gasteiger partial charge in [0.1, 0.15) is 0 Å². The van der Waals surface area contributed by atoms with E-state index in [1.165, 1.54) is 24.9 Å². The molecule has 26 heavy (non-hydrogen) atoms. The molecule has 1 N–H and O–H groups in total. The largest absolute Gasteiger partial charge is 0.504 e. The zero-order chi connectivity index (χ0) is 18.5. The predicted octanol–water partition coefficient (Wildman–Crippen LogP) is 4.19. The van der Waals surface area contributed by atoms with Gasteiger partial charge in [0.25, 0.3) is 5.91 Å². The lowest BCUT2D eigenvalue weighted by Gasteiger charge is -2.12. The van der Waals surface area contributed by atoms with Gasteiger partial charge in [0.2, 0.25) is 0 Å². The Kier molecular flexibility index (Phi) is 5.43. The van der Waals surface area contributed by atoms with Crippen LogP contribution < -0.4 is 4.74 Å². The number of methoxy groups -OCH3 is 1. The average Bonchev–Trinajstić information content (AvgIpc) is 2.93. The number of ether oxygens (including phenoxy) is 1. The van der Waals surface area contributed by atoms with Crippen LogP contribution in [0.15, 0.2) is 71.1 Å². The molecule has 0 aromatic heterocycles. The Morgan fingerprint density at radius 3 is 2.73 bits per heavy atom. The van der Waals surface area contributed by atoms with Crippen LogP contribution in [0.5, 0.6) is 11.5 Å². The maximum absolute atomic E-state index is 12.7. The second-order valence-corrected chi connectivity index (χ2v) is 6.49. The number of benzene rings is 2.